The number of aryl methyl sites for hydroxylation is 2. The zero-order valence-electron chi connectivity index (χ0n) is 29.1. The molecule has 0 amide bonds. The Morgan fingerprint density at radius 2 is 1.83 bits per heavy atom. The number of carbonyl (C=O) groups is 1. The van der Waals surface area contributed by atoms with Crippen molar-refractivity contribution in [1.29, 1.82) is 0 Å². The number of aromatic nitrogens is 3. The predicted octanol–water partition coefficient (Wildman–Crippen LogP) is 8.09. The van der Waals surface area contributed by atoms with Crippen LogP contribution in [0.5, 0.6) is 5.75 Å². The number of aliphatic carboxylic acids is 1. The maximum absolute atomic E-state index is 15.9. The Morgan fingerprint density at radius 1 is 1.10 bits per heavy atom. The second kappa shape index (κ2) is 13.1. The Balaban J connectivity index is 1.55. The first-order valence-corrected chi connectivity index (χ1v) is 17.0. The van der Waals surface area contributed by atoms with Crippen LogP contribution < -0.4 is 9.64 Å². The van der Waals surface area contributed by atoms with Crippen LogP contribution in [0.3, 0.4) is 0 Å². The van der Waals surface area contributed by atoms with Gasteiger partial charge in [-0.3, -0.25) is 4.40 Å². The fourth-order valence-electron chi connectivity index (χ4n) is 6.79. The molecule has 0 unspecified atom stereocenters. The molecule has 7 rings (SSSR count). The standard InChI is InChI=1S/C38H47FN4O5/c1-23-14-15-29-31(32(23)39)27-13-10-12-26(21-27)28-22-43-34(30(25(3)40-36(43)41-28)33(35(44)45)48-37(4,5)6)42-18-16-38(7,17-19-42)46-20-9-8-11-24(2)47-29/h10,12-15,21-22,24,33H,8-9,11,16-20H2,1-7H3,(H,44,45)/t24-,33-/m0/s1. The topological polar surface area (TPSA) is 98.4 Å². The van der Waals surface area contributed by atoms with Crippen LogP contribution in [-0.4, -0.2) is 62.4 Å². The van der Waals surface area contributed by atoms with Crippen molar-refractivity contribution < 1.29 is 28.5 Å². The van der Waals surface area contributed by atoms with Gasteiger partial charge in [-0.1, -0.05) is 24.3 Å². The number of halogens is 1. The number of hydrogen-bond donors (Lipinski definition) is 1. The lowest BCUT2D eigenvalue weighted by Crippen LogP contribution is -2.45. The van der Waals surface area contributed by atoms with E-state index < -0.39 is 17.7 Å². The maximum Gasteiger partial charge on any atom is 0.337 e. The average molecular weight is 659 g/mol. The molecular weight excluding hydrogens is 611 g/mol. The zero-order chi connectivity index (χ0) is 34.4. The number of imidazole rings is 1. The van der Waals surface area contributed by atoms with Gasteiger partial charge in [-0.25, -0.2) is 19.2 Å². The molecule has 5 heterocycles. The molecule has 256 valence electrons. The van der Waals surface area contributed by atoms with Crippen LogP contribution in [0.25, 0.3) is 28.2 Å². The van der Waals surface area contributed by atoms with E-state index in [2.05, 4.69) is 11.8 Å². The van der Waals surface area contributed by atoms with Gasteiger partial charge in [0.2, 0.25) is 5.78 Å². The average Bonchev–Trinajstić information content (AvgIpc) is 3.44. The summed E-state index contributed by atoms with van der Waals surface area (Å²) >= 11 is 0. The fraction of sp³-hybridized carbons (Fsp3) is 0.500. The molecule has 10 heteroatoms. The number of hydrogen-bond acceptors (Lipinski definition) is 7. The Hall–Kier alpha value is -4.02. The highest BCUT2D eigenvalue weighted by atomic mass is 19.1. The third-order valence-corrected chi connectivity index (χ3v) is 9.42. The van der Waals surface area contributed by atoms with Gasteiger partial charge in [-0.05, 0) is 104 Å². The lowest BCUT2D eigenvalue weighted by atomic mass is 9.92. The second-order valence-electron chi connectivity index (χ2n) is 14.5. The maximum atomic E-state index is 15.9. The first-order valence-electron chi connectivity index (χ1n) is 17.0. The van der Waals surface area contributed by atoms with E-state index >= 15 is 4.39 Å². The van der Waals surface area contributed by atoms with Gasteiger partial charge in [-0.2, -0.15) is 0 Å². The van der Waals surface area contributed by atoms with Gasteiger partial charge < -0.3 is 24.2 Å². The van der Waals surface area contributed by atoms with Gasteiger partial charge in [0.25, 0.3) is 0 Å². The molecule has 2 aromatic heterocycles. The molecule has 4 aromatic rings. The highest BCUT2D eigenvalue weighted by Gasteiger charge is 2.37. The fourth-order valence-corrected chi connectivity index (χ4v) is 6.79. The van der Waals surface area contributed by atoms with Gasteiger partial charge in [0.1, 0.15) is 17.4 Å². The lowest BCUT2D eigenvalue weighted by Gasteiger charge is -2.41. The molecule has 2 atom stereocenters. The van der Waals surface area contributed by atoms with Crippen molar-refractivity contribution in [3.05, 3.63) is 65.2 Å². The van der Waals surface area contributed by atoms with E-state index in [0.29, 0.717) is 70.7 Å². The first-order chi connectivity index (χ1) is 22.7. The minimum Gasteiger partial charge on any atom is -0.490 e. The molecule has 48 heavy (non-hydrogen) atoms. The molecule has 0 spiro atoms. The van der Waals surface area contributed by atoms with Crippen molar-refractivity contribution in [3.8, 4) is 28.1 Å². The van der Waals surface area contributed by atoms with Crippen LogP contribution in [-0.2, 0) is 14.3 Å². The van der Waals surface area contributed by atoms with Gasteiger partial charge in [0.15, 0.2) is 6.10 Å². The molecule has 1 N–H and O–H groups in total. The summed E-state index contributed by atoms with van der Waals surface area (Å²) in [7, 11) is 0. The Morgan fingerprint density at radius 3 is 2.54 bits per heavy atom. The summed E-state index contributed by atoms with van der Waals surface area (Å²) in [4.78, 5) is 24.8. The number of rotatable bonds is 3. The molecule has 1 fully saturated rings. The van der Waals surface area contributed by atoms with Crippen molar-refractivity contribution >= 4 is 17.6 Å². The molecule has 6 bridgehead atoms. The number of piperidine rings is 1. The van der Waals surface area contributed by atoms with Crippen molar-refractivity contribution in [2.75, 3.05) is 24.6 Å². The number of anilines is 1. The van der Waals surface area contributed by atoms with E-state index in [0.717, 1.165) is 37.7 Å². The summed E-state index contributed by atoms with van der Waals surface area (Å²) in [6, 6.07) is 11.2. The van der Waals surface area contributed by atoms with Crippen molar-refractivity contribution in [2.45, 2.75) is 104 Å². The quantitative estimate of drug-likeness (QED) is 0.236. The van der Waals surface area contributed by atoms with E-state index in [1.165, 1.54) is 0 Å². The highest BCUT2D eigenvalue weighted by Crippen LogP contribution is 2.40. The number of ether oxygens (including phenoxy) is 3. The van der Waals surface area contributed by atoms with Crippen molar-refractivity contribution in [2.24, 2.45) is 0 Å². The normalized spacial score (nSPS) is 21.2. The molecule has 9 nitrogen and oxygen atoms in total. The lowest BCUT2D eigenvalue weighted by molar-refractivity contribution is -0.160. The van der Waals surface area contributed by atoms with E-state index in [1.54, 1.807) is 13.0 Å². The van der Waals surface area contributed by atoms with E-state index in [1.807, 2.05) is 75.5 Å². The minimum absolute atomic E-state index is 0.101. The summed E-state index contributed by atoms with van der Waals surface area (Å²) in [6.07, 6.45) is 4.73. The second-order valence-corrected chi connectivity index (χ2v) is 14.5. The van der Waals surface area contributed by atoms with Crippen LogP contribution in [0.1, 0.15) is 89.6 Å². The first kappa shape index (κ1) is 33.9. The molecule has 1 saturated heterocycles. The molecule has 0 radical (unpaired) electrons. The number of nitrogens with zero attached hydrogens (tertiary/aromatic N) is 4. The number of fused-ring (bicyclic) bond motifs is 8. The number of carboxylic acid groups (broad SMARTS) is 1. The van der Waals surface area contributed by atoms with Crippen LogP contribution in [0, 0.1) is 19.7 Å². The molecule has 3 aliphatic heterocycles. The van der Waals surface area contributed by atoms with Gasteiger partial charge in [0.05, 0.1) is 39.8 Å². The largest absolute Gasteiger partial charge is 0.490 e. The molecule has 2 aromatic carbocycles. The van der Waals surface area contributed by atoms with Crippen LogP contribution in [0.2, 0.25) is 0 Å². The van der Waals surface area contributed by atoms with E-state index in [-0.39, 0.29) is 17.5 Å². The van der Waals surface area contributed by atoms with Gasteiger partial charge >= 0.3 is 5.97 Å². The van der Waals surface area contributed by atoms with Crippen LogP contribution >= 0.6 is 0 Å². The molecule has 3 aliphatic rings. The monoisotopic (exact) mass is 658 g/mol. The van der Waals surface area contributed by atoms with E-state index in [4.69, 9.17) is 24.2 Å². The summed E-state index contributed by atoms with van der Waals surface area (Å²) in [6.45, 7) is 15.3. The summed E-state index contributed by atoms with van der Waals surface area (Å²) in [5, 5.41) is 10.5. The van der Waals surface area contributed by atoms with Gasteiger partial charge in [-0.15, -0.1) is 0 Å². The third kappa shape index (κ3) is 6.91. The molecule has 0 aliphatic carbocycles. The van der Waals surface area contributed by atoms with Crippen LogP contribution in [0.4, 0.5) is 10.2 Å². The summed E-state index contributed by atoms with van der Waals surface area (Å²) in [5.41, 5.74) is 3.08. The van der Waals surface area contributed by atoms with Crippen molar-refractivity contribution in [1.82, 2.24) is 14.4 Å². The zero-order valence-corrected chi connectivity index (χ0v) is 29.1. The van der Waals surface area contributed by atoms with Crippen LogP contribution in [0.15, 0.2) is 42.6 Å². The number of carboxylic acids is 1. The van der Waals surface area contributed by atoms with E-state index in [9.17, 15) is 9.90 Å². The Bertz CT molecular complexity index is 1820. The summed E-state index contributed by atoms with van der Waals surface area (Å²) in [5.74, 6) is 0.255. The predicted molar refractivity (Wildman–Crippen MR) is 184 cm³/mol. The number of benzene rings is 2. The summed E-state index contributed by atoms with van der Waals surface area (Å²) < 4.78 is 36.8. The highest BCUT2D eigenvalue weighted by molar-refractivity contribution is 5.80. The van der Waals surface area contributed by atoms with Gasteiger partial charge in [0, 0.05) is 31.5 Å². The van der Waals surface area contributed by atoms with Crippen molar-refractivity contribution in [3.63, 3.8) is 0 Å². The molecule has 0 saturated carbocycles. The minimum atomic E-state index is -1.24. The molecular formula is C38H47FN4O5. The smallest absolute Gasteiger partial charge is 0.337 e. The SMILES string of the molecule is Cc1ccc2c(c1F)-c1cccc(c1)-c1cn3c(c([C@H](OC(C)(C)C)C(=O)O)c(C)nc3n1)N1CCC(C)(CC1)OCCCC[C@H](C)O2. The Kier molecular flexibility index (Phi) is 9.26. The third-order valence-electron chi connectivity index (χ3n) is 9.42. The Labute approximate surface area is 282 Å².